The smallest absolute Gasteiger partial charge is 0.254 e. The lowest BCUT2D eigenvalue weighted by Gasteiger charge is -2.17. The highest BCUT2D eigenvalue weighted by atomic mass is 35.5. The molecule has 0 radical (unpaired) electrons. The molecule has 176 valence electrons. The Bertz CT molecular complexity index is 1460. The van der Waals surface area contributed by atoms with Gasteiger partial charge in [0.1, 0.15) is 17.7 Å². The number of aliphatic hydroxyl groups excluding tert-OH is 1. The minimum Gasteiger partial charge on any atom is -0.394 e. The Hall–Kier alpha value is -4.26. The SMILES string of the molecule is Cn1cc(-c2cnc(N)c(-c3ccc(C(=O)NC(CO)c4cccc(Cl)c4)c(F)c3)c2)c(C#N)n1. The molecular formula is C25H20ClFN6O2. The summed E-state index contributed by atoms with van der Waals surface area (Å²) in [5.41, 5.74) is 8.66. The average molecular weight is 491 g/mol. The van der Waals surface area contributed by atoms with E-state index in [1.54, 1.807) is 49.6 Å². The van der Waals surface area contributed by atoms with Crippen LogP contribution < -0.4 is 11.1 Å². The summed E-state index contributed by atoms with van der Waals surface area (Å²) in [6, 6.07) is 13.7. The molecule has 4 rings (SSSR count). The number of halogens is 2. The molecule has 2 aromatic carbocycles. The number of carbonyl (C=O) groups is 1. The summed E-state index contributed by atoms with van der Waals surface area (Å²) < 4.78 is 16.5. The zero-order valence-corrected chi connectivity index (χ0v) is 19.3. The molecule has 0 fully saturated rings. The lowest BCUT2D eigenvalue weighted by atomic mass is 9.99. The fourth-order valence-electron chi connectivity index (χ4n) is 3.70. The number of nitrogens with zero attached hydrogens (tertiary/aromatic N) is 4. The Morgan fingerprint density at radius 2 is 2.06 bits per heavy atom. The molecule has 2 aromatic heterocycles. The predicted octanol–water partition coefficient (Wildman–Crippen LogP) is 3.86. The number of aromatic nitrogens is 3. The van der Waals surface area contributed by atoms with Crippen molar-refractivity contribution in [2.75, 3.05) is 12.3 Å². The number of aryl methyl sites for hydroxylation is 1. The predicted molar refractivity (Wildman–Crippen MR) is 130 cm³/mol. The average Bonchev–Trinajstić information content (AvgIpc) is 3.23. The number of amides is 1. The van der Waals surface area contributed by atoms with Crippen molar-refractivity contribution < 1.29 is 14.3 Å². The molecule has 1 unspecified atom stereocenters. The van der Waals surface area contributed by atoms with Crippen LogP contribution in [0.2, 0.25) is 5.02 Å². The minimum atomic E-state index is -0.772. The van der Waals surface area contributed by atoms with E-state index >= 15 is 4.39 Å². The zero-order chi connectivity index (χ0) is 25.1. The van der Waals surface area contributed by atoms with Gasteiger partial charge in [-0.2, -0.15) is 10.4 Å². The van der Waals surface area contributed by atoms with Crippen molar-refractivity contribution in [1.29, 1.82) is 5.26 Å². The lowest BCUT2D eigenvalue weighted by Crippen LogP contribution is -2.31. The van der Waals surface area contributed by atoms with Gasteiger partial charge in [-0.05, 0) is 41.5 Å². The first kappa shape index (κ1) is 23.9. The Kier molecular flexibility index (Phi) is 6.78. The number of nitrogens with one attached hydrogen (secondary N) is 1. The second kappa shape index (κ2) is 9.93. The Morgan fingerprint density at radius 3 is 2.74 bits per heavy atom. The molecule has 1 amide bonds. The largest absolute Gasteiger partial charge is 0.394 e. The number of nitriles is 1. The highest BCUT2D eigenvalue weighted by Gasteiger charge is 2.20. The Labute approximate surface area is 205 Å². The maximum absolute atomic E-state index is 15.0. The number of hydrogen-bond acceptors (Lipinski definition) is 6. The van der Waals surface area contributed by atoms with Crippen LogP contribution in [0, 0.1) is 17.1 Å². The van der Waals surface area contributed by atoms with Gasteiger partial charge >= 0.3 is 0 Å². The molecule has 4 aromatic rings. The molecule has 4 N–H and O–H groups in total. The number of nitrogen functional groups attached to an aromatic ring is 1. The second-order valence-corrected chi connectivity index (χ2v) is 8.23. The number of hydrogen-bond donors (Lipinski definition) is 3. The number of nitrogens with two attached hydrogens (primary N) is 1. The van der Waals surface area contributed by atoms with Crippen LogP contribution in [0.3, 0.4) is 0 Å². The summed E-state index contributed by atoms with van der Waals surface area (Å²) in [6.45, 7) is -0.389. The molecule has 2 heterocycles. The summed E-state index contributed by atoms with van der Waals surface area (Å²) in [6.07, 6.45) is 3.20. The minimum absolute atomic E-state index is 0.161. The number of anilines is 1. The van der Waals surface area contributed by atoms with Gasteiger partial charge in [-0.15, -0.1) is 0 Å². The summed E-state index contributed by atoms with van der Waals surface area (Å²) in [4.78, 5) is 16.9. The highest BCUT2D eigenvalue weighted by Crippen LogP contribution is 2.31. The maximum Gasteiger partial charge on any atom is 0.254 e. The van der Waals surface area contributed by atoms with Crippen molar-refractivity contribution in [1.82, 2.24) is 20.1 Å². The van der Waals surface area contributed by atoms with E-state index in [0.29, 0.717) is 32.8 Å². The lowest BCUT2D eigenvalue weighted by molar-refractivity contribution is 0.0912. The van der Waals surface area contributed by atoms with Crippen molar-refractivity contribution in [3.8, 4) is 28.3 Å². The fourth-order valence-corrected chi connectivity index (χ4v) is 3.90. The van der Waals surface area contributed by atoms with Gasteiger partial charge < -0.3 is 16.2 Å². The number of pyridine rings is 1. The summed E-state index contributed by atoms with van der Waals surface area (Å²) >= 11 is 5.99. The molecule has 1 atom stereocenters. The molecule has 0 spiro atoms. The van der Waals surface area contributed by atoms with Crippen LogP contribution in [0.1, 0.15) is 27.7 Å². The highest BCUT2D eigenvalue weighted by molar-refractivity contribution is 6.30. The van der Waals surface area contributed by atoms with Crippen LogP contribution in [-0.2, 0) is 7.05 Å². The zero-order valence-electron chi connectivity index (χ0n) is 18.5. The first-order valence-corrected chi connectivity index (χ1v) is 10.8. The maximum atomic E-state index is 15.0. The van der Waals surface area contributed by atoms with E-state index in [2.05, 4.69) is 15.4 Å². The topological polar surface area (TPSA) is 130 Å². The molecule has 10 heteroatoms. The molecule has 0 aliphatic heterocycles. The van der Waals surface area contributed by atoms with Gasteiger partial charge in [-0.1, -0.05) is 29.8 Å². The van der Waals surface area contributed by atoms with E-state index < -0.39 is 17.8 Å². The molecule has 0 bridgehead atoms. The first-order chi connectivity index (χ1) is 16.8. The third kappa shape index (κ3) is 4.99. The van der Waals surface area contributed by atoms with Crippen LogP contribution >= 0.6 is 11.6 Å². The van der Waals surface area contributed by atoms with E-state index in [-0.39, 0.29) is 23.7 Å². The quantitative estimate of drug-likeness (QED) is 0.376. The molecule has 0 saturated carbocycles. The molecule has 0 aliphatic carbocycles. The monoisotopic (exact) mass is 490 g/mol. The molecule has 35 heavy (non-hydrogen) atoms. The van der Waals surface area contributed by atoms with Gasteiger partial charge in [0, 0.05) is 41.2 Å². The fraction of sp³-hybridized carbons (Fsp3) is 0.120. The van der Waals surface area contributed by atoms with E-state index in [1.807, 2.05) is 6.07 Å². The van der Waals surface area contributed by atoms with Gasteiger partial charge in [0.15, 0.2) is 5.69 Å². The Morgan fingerprint density at radius 1 is 1.26 bits per heavy atom. The summed E-state index contributed by atoms with van der Waals surface area (Å²) in [5, 5.41) is 26.2. The number of aliphatic hydroxyl groups is 1. The van der Waals surface area contributed by atoms with Crippen LogP contribution in [0.5, 0.6) is 0 Å². The van der Waals surface area contributed by atoms with Crippen LogP contribution in [0.25, 0.3) is 22.3 Å². The molecule has 0 aliphatic rings. The van der Waals surface area contributed by atoms with Crippen LogP contribution in [-0.4, -0.2) is 32.4 Å². The number of benzene rings is 2. The number of carbonyl (C=O) groups excluding carboxylic acids is 1. The van der Waals surface area contributed by atoms with Gasteiger partial charge in [0.2, 0.25) is 0 Å². The van der Waals surface area contributed by atoms with E-state index in [0.717, 1.165) is 0 Å². The summed E-state index contributed by atoms with van der Waals surface area (Å²) in [5.74, 6) is -1.30. The molecule has 8 nitrogen and oxygen atoms in total. The summed E-state index contributed by atoms with van der Waals surface area (Å²) in [7, 11) is 1.70. The van der Waals surface area contributed by atoms with Gasteiger partial charge in [0.25, 0.3) is 5.91 Å². The third-order valence-corrected chi connectivity index (χ3v) is 5.66. The van der Waals surface area contributed by atoms with Gasteiger partial charge in [-0.25, -0.2) is 9.37 Å². The first-order valence-electron chi connectivity index (χ1n) is 10.5. The van der Waals surface area contributed by atoms with Crippen molar-refractivity contribution in [2.24, 2.45) is 7.05 Å². The van der Waals surface area contributed by atoms with Crippen molar-refractivity contribution in [3.05, 3.63) is 88.6 Å². The Balaban J connectivity index is 1.63. The molecule has 0 saturated heterocycles. The van der Waals surface area contributed by atoms with Gasteiger partial charge in [-0.3, -0.25) is 9.48 Å². The standard InChI is InChI=1S/C25H20ClFN6O2/c1-33-12-20(22(10-28)32-33)16-8-19(24(29)30-11-16)14-5-6-18(21(27)9-14)25(35)31-23(13-34)15-3-2-4-17(26)7-15/h2-9,11-12,23,34H,13H2,1H3,(H2,29,30)(H,31,35). The number of rotatable bonds is 6. The van der Waals surface area contributed by atoms with Crippen LogP contribution in [0.4, 0.5) is 10.2 Å². The van der Waals surface area contributed by atoms with Gasteiger partial charge in [0.05, 0.1) is 18.2 Å². The molecular weight excluding hydrogens is 471 g/mol. The van der Waals surface area contributed by atoms with E-state index in [4.69, 9.17) is 17.3 Å². The van der Waals surface area contributed by atoms with E-state index in [9.17, 15) is 15.2 Å². The third-order valence-electron chi connectivity index (χ3n) is 5.43. The van der Waals surface area contributed by atoms with Crippen molar-refractivity contribution in [3.63, 3.8) is 0 Å². The van der Waals surface area contributed by atoms with Crippen molar-refractivity contribution >= 4 is 23.3 Å². The van der Waals surface area contributed by atoms with E-state index in [1.165, 1.54) is 23.0 Å². The second-order valence-electron chi connectivity index (χ2n) is 7.79. The van der Waals surface area contributed by atoms with Crippen LogP contribution in [0.15, 0.2) is 60.9 Å². The van der Waals surface area contributed by atoms with Crippen molar-refractivity contribution in [2.45, 2.75) is 6.04 Å². The normalized spacial score (nSPS) is 11.6.